The number of aliphatic hydroxyl groups excluding tert-OH is 1. The number of carbonyl (C=O) groups is 1. The van der Waals surface area contributed by atoms with E-state index in [1.54, 1.807) is 12.1 Å². The minimum absolute atomic E-state index is 0.0994. The molecule has 34 heavy (non-hydrogen) atoms. The Morgan fingerprint density at radius 1 is 1.24 bits per heavy atom. The van der Waals surface area contributed by atoms with Gasteiger partial charge in [0, 0.05) is 36.8 Å². The van der Waals surface area contributed by atoms with Crippen molar-refractivity contribution in [1.82, 2.24) is 4.90 Å². The van der Waals surface area contributed by atoms with E-state index in [0.29, 0.717) is 29.6 Å². The van der Waals surface area contributed by atoms with E-state index in [0.717, 1.165) is 38.1 Å². The Morgan fingerprint density at radius 2 is 1.94 bits per heavy atom. The molecule has 1 aliphatic carbocycles. The highest BCUT2D eigenvalue weighted by molar-refractivity contribution is 6.32. The lowest BCUT2D eigenvalue weighted by Gasteiger charge is -2.29. The highest BCUT2D eigenvalue weighted by Gasteiger charge is 2.42. The van der Waals surface area contributed by atoms with Gasteiger partial charge in [0.25, 0.3) is 5.91 Å². The summed E-state index contributed by atoms with van der Waals surface area (Å²) in [5, 5.41) is 11.5. The zero-order valence-corrected chi connectivity index (χ0v) is 20.1. The third-order valence-electron chi connectivity index (χ3n) is 5.76. The second kappa shape index (κ2) is 11.7. The average Bonchev–Trinajstić information content (AvgIpc) is 2.76. The average molecular weight is 523 g/mol. The van der Waals surface area contributed by atoms with E-state index in [-0.39, 0.29) is 11.9 Å². The second-order valence-corrected chi connectivity index (χ2v) is 9.16. The molecule has 2 unspecified atom stereocenters. The molecule has 2 N–H and O–H groups in total. The van der Waals surface area contributed by atoms with Crippen molar-refractivity contribution in [3.05, 3.63) is 46.7 Å². The van der Waals surface area contributed by atoms with Crippen LogP contribution in [0.2, 0.25) is 5.02 Å². The van der Waals surface area contributed by atoms with Crippen LogP contribution in [0.25, 0.3) is 0 Å². The van der Waals surface area contributed by atoms with E-state index in [9.17, 15) is 23.1 Å². The van der Waals surface area contributed by atoms with Crippen molar-refractivity contribution in [3.8, 4) is 5.75 Å². The molecule has 6 nitrogen and oxygen atoms in total. The molecule has 1 saturated heterocycles. The number of allylic oxidation sites excluding steroid dienone is 4. The summed E-state index contributed by atoms with van der Waals surface area (Å²) in [5.74, 6) is -0.938. The fourth-order valence-electron chi connectivity index (χ4n) is 3.77. The van der Waals surface area contributed by atoms with Crippen LogP contribution in [0.3, 0.4) is 0 Å². The number of benzene rings is 1. The van der Waals surface area contributed by atoms with Crippen molar-refractivity contribution in [1.29, 1.82) is 0 Å². The molecule has 11 heteroatoms. The van der Waals surface area contributed by atoms with Crippen LogP contribution in [0.15, 0.2) is 41.7 Å². The van der Waals surface area contributed by atoms with E-state index < -0.39 is 35.6 Å². The number of ether oxygens (including phenoxy) is 2. The lowest BCUT2D eigenvalue weighted by Crippen LogP contribution is -2.38. The quantitative estimate of drug-likeness (QED) is 0.481. The van der Waals surface area contributed by atoms with Gasteiger partial charge in [-0.1, -0.05) is 24.6 Å². The number of amides is 1. The minimum Gasteiger partial charge on any atom is -0.491 e. The second-order valence-electron chi connectivity index (χ2n) is 8.28. The molecule has 0 bridgehead atoms. The number of anilines is 1. The fourth-order valence-corrected chi connectivity index (χ4v) is 4.28. The summed E-state index contributed by atoms with van der Waals surface area (Å²) in [5.41, 5.74) is -0.320. The van der Waals surface area contributed by atoms with Gasteiger partial charge >= 0.3 is 6.18 Å². The number of nitrogens with zero attached hydrogens (tertiary/aromatic N) is 1. The standard InChI is InChI=1S/C23H27Cl2F3N2O4/c1-14-17(23(26,27)28)3-5-20(22(14)25)34-13-21(32)29-15-2-4-19(18(24)12-15)33-11-10-30-8-6-16(31)7-9-30/h2-5,12,14,16,22,31H,6-11,13H2,1H3,(H,29,32). The molecular formula is C23H27Cl2F3N2O4. The van der Waals surface area contributed by atoms with Crippen molar-refractivity contribution in [2.75, 3.05) is 38.2 Å². The first-order valence-electron chi connectivity index (χ1n) is 10.9. The predicted molar refractivity (Wildman–Crippen MR) is 124 cm³/mol. The molecular weight excluding hydrogens is 496 g/mol. The van der Waals surface area contributed by atoms with Crippen LogP contribution in [0.4, 0.5) is 18.9 Å². The molecule has 1 aromatic rings. The summed E-state index contributed by atoms with van der Waals surface area (Å²) in [6.07, 6.45) is -1.12. The Balaban J connectivity index is 1.46. The number of likely N-dealkylation sites (tertiary alicyclic amines) is 1. The molecule has 1 amide bonds. The molecule has 2 atom stereocenters. The van der Waals surface area contributed by atoms with E-state index >= 15 is 0 Å². The molecule has 1 heterocycles. The van der Waals surface area contributed by atoms with Crippen LogP contribution in [-0.4, -0.2) is 66.4 Å². The zero-order valence-electron chi connectivity index (χ0n) is 18.6. The monoisotopic (exact) mass is 522 g/mol. The van der Waals surface area contributed by atoms with Crippen molar-refractivity contribution in [3.63, 3.8) is 0 Å². The largest absolute Gasteiger partial charge is 0.491 e. The number of hydrogen-bond donors (Lipinski definition) is 2. The first kappa shape index (κ1) is 26.7. The Bertz CT molecular complexity index is 931. The van der Waals surface area contributed by atoms with E-state index in [4.69, 9.17) is 32.7 Å². The van der Waals surface area contributed by atoms with Crippen LogP contribution in [-0.2, 0) is 9.53 Å². The molecule has 188 valence electrons. The van der Waals surface area contributed by atoms with E-state index in [1.165, 1.54) is 13.0 Å². The van der Waals surface area contributed by atoms with Gasteiger partial charge in [-0.25, -0.2) is 0 Å². The highest BCUT2D eigenvalue weighted by Crippen LogP contribution is 2.39. The van der Waals surface area contributed by atoms with Gasteiger partial charge in [-0.3, -0.25) is 9.69 Å². The third kappa shape index (κ3) is 7.28. The Hall–Kier alpha value is -1.94. The Labute approximate surface area is 206 Å². The molecule has 1 aromatic carbocycles. The minimum atomic E-state index is -4.47. The van der Waals surface area contributed by atoms with Crippen LogP contribution < -0.4 is 10.1 Å². The van der Waals surface area contributed by atoms with Gasteiger partial charge in [0.15, 0.2) is 6.61 Å². The van der Waals surface area contributed by atoms with Gasteiger partial charge in [0.2, 0.25) is 0 Å². The maximum absolute atomic E-state index is 13.0. The maximum atomic E-state index is 13.0. The number of nitrogens with one attached hydrogen (secondary N) is 1. The van der Waals surface area contributed by atoms with Gasteiger partial charge < -0.3 is 19.9 Å². The Kier molecular flexibility index (Phi) is 9.14. The van der Waals surface area contributed by atoms with Crippen molar-refractivity contribution in [2.24, 2.45) is 5.92 Å². The number of rotatable bonds is 8. The summed E-state index contributed by atoms with van der Waals surface area (Å²) in [6.45, 7) is 3.74. The molecule has 0 saturated carbocycles. The molecule has 0 aromatic heterocycles. The topological polar surface area (TPSA) is 71.0 Å². The lowest BCUT2D eigenvalue weighted by atomic mass is 9.91. The van der Waals surface area contributed by atoms with Crippen LogP contribution in [0.5, 0.6) is 5.75 Å². The van der Waals surface area contributed by atoms with Crippen molar-refractivity contribution >= 4 is 34.8 Å². The summed E-state index contributed by atoms with van der Waals surface area (Å²) < 4.78 is 50.0. The molecule has 0 radical (unpaired) electrons. The summed E-state index contributed by atoms with van der Waals surface area (Å²) in [7, 11) is 0. The molecule has 2 aliphatic rings. The third-order valence-corrected chi connectivity index (χ3v) is 6.65. The molecule has 0 spiro atoms. The van der Waals surface area contributed by atoms with E-state index in [1.807, 2.05) is 0 Å². The van der Waals surface area contributed by atoms with Crippen LogP contribution >= 0.6 is 23.2 Å². The maximum Gasteiger partial charge on any atom is 0.413 e. The van der Waals surface area contributed by atoms with Gasteiger partial charge in [-0.15, -0.1) is 11.6 Å². The lowest BCUT2D eigenvalue weighted by molar-refractivity contribution is -0.119. The SMILES string of the molecule is CC1C(C(F)(F)F)=CC=C(OCC(=O)Nc2ccc(OCCN3CCC(O)CC3)c(Cl)c2)C1Cl. The molecule has 1 fully saturated rings. The van der Waals surface area contributed by atoms with Gasteiger partial charge in [0.05, 0.1) is 16.5 Å². The summed E-state index contributed by atoms with van der Waals surface area (Å²) in [4.78, 5) is 14.4. The predicted octanol–water partition coefficient (Wildman–Crippen LogP) is 4.76. The van der Waals surface area contributed by atoms with Gasteiger partial charge in [-0.2, -0.15) is 13.2 Å². The van der Waals surface area contributed by atoms with Crippen molar-refractivity contribution in [2.45, 2.75) is 37.4 Å². The van der Waals surface area contributed by atoms with Gasteiger partial charge in [0.1, 0.15) is 18.1 Å². The molecule has 3 rings (SSSR count). The Morgan fingerprint density at radius 3 is 2.59 bits per heavy atom. The number of piperidine rings is 1. The number of halogens is 5. The normalized spacial score (nSPS) is 22.1. The summed E-state index contributed by atoms with van der Waals surface area (Å²) in [6, 6.07) is 4.81. The number of carbonyl (C=O) groups excluding carboxylic acids is 1. The molecule has 1 aliphatic heterocycles. The first-order chi connectivity index (χ1) is 16.0. The summed E-state index contributed by atoms with van der Waals surface area (Å²) >= 11 is 12.4. The first-order valence-corrected chi connectivity index (χ1v) is 11.7. The fraction of sp³-hybridized carbons (Fsp3) is 0.522. The van der Waals surface area contributed by atoms with E-state index in [2.05, 4.69) is 10.2 Å². The van der Waals surface area contributed by atoms with Crippen LogP contribution in [0, 0.1) is 5.92 Å². The van der Waals surface area contributed by atoms with Crippen LogP contribution in [0.1, 0.15) is 19.8 Å². The van der Waals surface area contributed by atoms with Gasteiger partial charge in [-0.05, 0) is 37.1 Å². The smallest absolute Gasteiger partial charge is 0.413 e. The number of aliphatic hydroxyl groups is 1. The van der Waals surface area contributed by atoms with Crippen molar-refractivity contribution < 1.29 is 32.5 Å². The number of alkyl halides is 4. The zero-order chi connectivity index (χ0) is 24.9. The number of hydrogen-bond acceptors (Lipinski definition) is 5. The highest BCUT2D eigenvalue weighted by atomic mass is 35.5.